The minimum absolute atomic E-state index is 0.0751. The van der Waals surface area contributed by atoms with Crippen molar-refractivity contribution >= 4 is 44.9 Å². The molecule has 1 unspecified atom stereocenters. The number of nitrogens with two attached hydrogens (primary N) is 1. The van der Waals surface area contributed by atoms with Gasteiger partial charge in [-0.15, -0.1) is 11.3 Å². The molecule has 4 nitrogen and oxygen atoms in total. The van der Waals surface area contributed by atoms with Gasteiger partial charge >= 0.3 is 0 Å². The zero-order valence-corrected chi connectivity index (χ0v) is 12.4. The van der Waals surface area contributed by atoms with Gasteiger partial charge in [0.15, 0.2) is 0 Å². The number of nitrogen functional groups attached to an aromatic ring is 1. The maximum absolute atomic E-state index is 6.02. The van der Waals surface area contributed by atoms with E-state index in [-0.39, 0.29) is 12.0 Å². The lowest BCUT2D eigenvalue weighted by atomic mass is 10.1. The Morgan fingerprint density at radius 2 is 2.15 bits per heavy atom. The lowest BCUT2D eigenvalue weighted by Gasteiger charge is -2.16. The van der Waals surface area contributed by atoms with Gasteiger partial charge in [0.1, 0.15) is 10.6 Å². The van der Waals surface area contributed by atoms with E-state index in [1.54, 1.807) is 11.3 Å². The maximum Gasteiger partial charge on any atom is 0.223 e. The molecule has 0 aliphatic heterocycles. The van der Waals surface area contributed by atoms with E-state index in [2.05, 4.69) is 22.2 Å². The molecule has 3 aromatic rings. The molecule has 1 aromatic carbocycles. The smallest absolute Gasteiger partial charge is 0.223 e. The Kier molecular flexibility index (Phi) is 3.46. The first kappa shape index (κ1) is 13.1. The molecule has 0 aliphatic rings. The molecule has 6 heteroatoms. The minimum Gasteiger partial charge on any atom is -0.368 e. The summed E-state index contributed by atoms with van der Waals surface area (Å²) < 4.78 is 0. The Labute approximate surface area is 125 Å². The van der Waals surface area contributed by atoms with Crippen molar-refractivity contribution in [2.24, 2.45) is 0 Å². The average molecular weight is 305 g/mol. The maximum atomic E-state index is 6.02. The summed E-state index contributed by atoms with van der Waals surface area (Å²) in [6, 6.07) is 9.83. The summed E-state index contributed by atoms with van der Waals surface area (Å²) >= 11 is 7.57. The Hall–Kier alpha value is -1.85. The van der Waals surface area contributed by atoms with Crippen LogP contribution in [0.2, 0.25) is 5.02 Å². The SMILES string of the molecule is CC(Nc1nc(N)nc2sccc12)c1cccc(Cl)c1. The second kappa shape index (κ2) is 5.26. The van der Waals surface area contributed by atoms with Crippen LogP contribution >= 0.6 is 22.9 Å². The summed E-state index contributed by atoms with van der Waals surface area (Å²) in [6.07, 6.45) is 0. The molecule has 1 atom stereocenters. The first-order chi connectivity index (χ1) is 9.63. The number of benzene rings is 1. The van der Waals surface area contributed by atoms with Crippen LogP contribution < -0.4 is 11.1 Å². The summed E-state index contributed by atoms with van der Waals surface area (Å²) in [5, 5.41) is 7.06. The monoisotopic (exact) mass is 304 g/mol. The van der Waals surface area contributed by atoms with Gasteiger partial charge in [0.25, 0.3) is 0 Å². The summed E-state index contributed by atoms with van der Waals surface area (Å²) in [5.41, 5.74) is 6.84. The molecule has 0 amide bonds. The third kappa shape index (κ3) is 2.55. The first-order valence-corrected chi connectivity index (χ1v) is 7.42. The molecule has 0 saturated heterocycles. The number of thiophene rings is 1. The molecule has 2 aromatic heterocycles. The molecule has 0 aliphatic carbocycles. The Morgan fingerprint density at radius 1 is 1.30 bits per heavy atom. The molecule has 0 fully saturated rings. The van der Waals surface area contributed by atoms with E-state index in [0.29, 0.717) is 0 Å². The molecular weight excluding hydrogens is 292 g/mol. The number of hydrogen-bond donors (Lipinski definition) is 2. The standard InChI is InChI=1S/C14H13ClN4S/c1-8(9-3-2-4-10(15)7-9)17-12-11-5-6-20-13(11)19-14(16)18-12/h2-8H,1H3,(H3,16,17,18,19). The van der Waals surface area contributed by atoms with Crippen molar-refractivity contribution < 1.29 is 0 Å². The predicted octanol–water partition coefficient (Wildman–Crippen LogP) is 4.10. The lowest BCUT2D eigenvalue weighted by Crippen LogP contribution is -2.09. The Bertz CT molecular complexity index is 756. The summed E-state index contributed by atoms with van der Waals surface area (Å²) in [4.78, 5) is 9.39. The van der Waals surface area contributed by atoms with E-state index in [1.165, 1.54) is 0 Å². The summed E-state index contributed by atoms with van der Waals surface area (Å²) in [5.74, 6) is 1.03. The van der Waals surface area contributed by atoms with Crippen molar-refractivity contribution in [2.75, 3.05) is 11.1 Å². The van der Waals surface area contributed by atoms with E-state index in [4.69, 9.17) is 17.3 Å². The molecule has 3 N–H and O–H groups in total. The van der Waals surface area contributed by atoms with Gasteiger partial charge in [0, 0.05) is 5.02 Å². The van der Waals surface area contributed by atoms with Crippen molar-refractivity contribution in [3.63, 3.8) is 0 Å². The number of fused-ring (bicyclic) bond motifs is 1. The van der Waals surface area contributed by atoms with Gasteiger partial charge in [-0.25, -0.2) is 4.98 Å². The van der Waals surface area contributed by atoms with Crippen molar-refractivity contribution in [3.05, 3.63) is 46.3 Å². The van der Waals surface area contributed by atoms with E-state index >= 15 is 0 Å². The van der Waals surface area contributed by atoms with Crippen LogP contribution in [0.3, 0.4) is 0 Å². The van der Waals surface area contributed by atoms with E-state index in [9.17, 15) is 0 Å². The van der Waals surface area contributed by atoms with Gasteiger partial charge in [-0.2, -0.15) is 4.98 Å². The molecule has 0 saturated carbocycles. The Balaban J connectivity index is 1.94. The number of nitrogens with zero attached hydrogens (tertiary/aromatic N) is 2. The largest absolute Gasteiger partial charge is 0.368 e. The summed E-state index contributed by atoms with van der Waals surface area (Å²) in [6.45, 7) is 2.06. The van der Waals surface area contributed by atoms with E-state index < -0.39 is 0 Å². The molecule has 102 valence electrons. The quantitative estimate of drug-likeness (QED) is 0.764. The zero-order chi connectivity index (χ0) is 14.1. The van der Waals surface area contributed by atoms with Crippen molar-refractivity contribution in [3.8, 4) is 0 Å². The highest BCUT2D eigenvalue weighted by Crippen LogP contribution is 2.29. The van der Waals surface area contributed by atoms with Crippen LogP contribution in [-0.4, -0.2) is 9.97 Å². The van der Waals surface area contributed by atoms with Gasteiger partial charge in [0.2, 0.25) is 5.95 Å². The molecule has 0 radical (unpaired) electrons. The van der Waals surface area contributed by atoms with Crippen molar-refractivity contribution in [1.29, 1.82) is 0 Å². The minimum atomic E-state index is 0.0751. The second-order valence-electron chi connectivity index (χ2n) is 4.49. The third-order valence-corrected chi connectivity index (χ3v) is 4.09. The van der Waals surface area contributed by atoms with Crippen LogP contribution in [0.4, 0.5) is 11.8 Å². The molecule has 0 spiro atoms. The number of rotatable bonds is 3. The first-order valence-electron chi connectivity index (χ1n) is 6.16. The van der Waals surface area contributed by atoms with E-state index in [0.717, 1.165) is 26.6 Å². The molecular formula is C14H13ClN4S. The van der Waals surface area contributed by atoms with Gasteiger partial charge < -0.3 is 11.1 Å². The van der Waals surface area contributed by atoms with Gasteiger partial charge in [-0.05, 0) is 36.1 Å². The van der Waals surface area contributed by atoms with Gasteiger partial charge in [-0.3, -0.25) is 0 Å². The topological polar surface area (TPSA) is 63.8 Å². The lowest BCUT2D eigenvalue weighted by molar-refractivity contribution is 0.877. The van der Waals surface area contributed by atoms with Crippen molar-refractivity contribution in [1.82, 2.24) is 9.97 Å². The molecule has 20 heavy (non-hydrogen) atoms. The Morgan fingerprint density at radius 3 is 2.95 bits per heavy atom. The average Bonchev–Trinajstić information content (AvgIpc) is 2.86. The van der Waals surface area contributed by atoms with Crippen molar-refractivity contribution in [2.45, 2.75) is 13.0 Å². The van der Waals surface area contributed by atoms with Crippen LogP contribution in [0.5, 0.6) is 0 Å². The fraction of sp³-hybridized carbons (Fsp3) is 0.143. The third-order valence-electron chi connectivity index (χ3n) is 3.04. The van der Waals surface area contributed by atoms with Gasteiger partial charge in [0.05, 0.1) is 11.4 Å². The highest BCUT2D eigenvalue weighted by Gasteiger charge is 2.11. The zero-order valence-electron chi connectivity index (χ0n) is 10.8. The normalized spacial score (nSPS) is 12.5. The number of hydrogen-bond acceptors (Lipinski definition) is 5. The fourth-order valence-electron chi connectivity index (χ4n) is 2.05. The molecule has 2 heterocycles. The van der Waals surface area contributed by atoms with Crippen LogP contribution in [0.25, 0.3) is 10.2 Å². The molecule has 0 bridgehead atoms. The number of halogens is 1. The van der Waals surface area contributed by atoms with Gasteiger partial charge in [-0.1, -0.05) is 23.7 Å². The molecule has 3 rings (SSSR count). The van der Waals surface area contributed by atoms with E-state index in [1.807, 2.05) is 35.7 Å². The van der Waals surface area contributed by atoms with Crippen LogP contribution in [0.15, 0.2) is 35.7 Å². The summed E-state index contributed by atoms with van der Waals surface area (Å²) in [7, 11) is 0. The van der Waals surface area contributed by atoms with Crippen LogP contribution in [0.1, 0.15) is 18.5 Å². The van der Waals surface area contributed by atoms with Crippen LogP contribution in [-0.2, 0) is 0 Å². The number of nitrogens with one attached hydrogen (secondary N) is 1. The number of anilines is 2. The fourth-order valence-corrected chi connectivity index (χ4v) is 3.02. The number of aromatic nitrogens is 2. The predicted molar refractivity (Wildman–Crippen MR) is 85.3 cm³/mol. The second-order valence-corrected chi connectivity index (χ2v) is 5.82. The highest BCUT2D eigenvalue weighted by molar-refractivity contribution is 7.16. The highest BCUT2D eigenvalue weighted by atomic mass is 35.5. The van der Waals surface area contributed by atoms with Crippen LogP contribution in [0, 0.1) is 0 Å².